The van der Waals surface area contributed by atoms with Crippen LogP contribution in [0.4, 0.5) is 0 Å². The summed E-state index contributed by atoms with van der Waals surface area (Å²) in [5.74, 6) is 6.58. The second kappa shape index (κ2) is 6.43. The van der Waals surface area contributed by atoms with Crippen LogP contribution < -0.4 is 4.74 Å². The van der Waals surface area contributed by atoms with Gasteiger partial charge in [-0.15, -0.1) is 0 Å². The molecule has 2 rings (SSSR count). The van der Waals surface area contributed by atoms with E-state index in [0.29, 0.717) is 18.1 Å². The molecule has 3 nitrogen and oxygen atoms in total. The molecule has 0 saturated heterocycles. The van der Waals surface area contributed by atoms with Crippen LogP contribution in [0.25, 0.3) is 0 Å². The lowest BCUT2D eigenvalue weighted by Gasteiger charge is -2.01. The molecule has 0 aliphatic rings. The Hall–Kier alpha value is -2.31. The Morgan fingerprint density at radius 2 is 1.94 bits per heavy atom. The Kier molecular flexibility index (Phi) is 4.34. The van der Waals surface area contributed by atoms with E-state index in [2.05, 4.69) is 16.8 Å². The van der Waals surface area contributed by atoms with E-state index < -0.39 is 0 Å². The second-order valence-corrected chi connectivity index (χ2v) is 3.60. The van der Waals surface area contributed by atoms with E-state index in [1.165, 1.54) is 0 Å². The van der Waals surface area contributed by atoms with Gasteiger partial charge >= 0.3 is 0 Å². The van der Waals surface area contributed by atoms with Gasteiger partial charge in [-0.1, -0.05) is 30.0 Å². The highest BCUT2D eigenvalue weighted by Crippen LogP contribution is 2.08. The standard InChI is InChI=1S/C15H13NO2/c17-12-14-8-9-15(11-16-14)18-10-4-7-13-5-2-1-3-6-13/h1-3,5-6,8-9,11,17H,10,12H2. The van der Waals surface area contributed by atoms with Crippen LogP contribution in [0.5, 0.6) is 5.75 Å². The molecule has 3 heteroatoms. The molecule has 2 aromatic rings. The number of aliphatic hydroxyl groups excluding tert-OH is 1. The molecule has 90 valence electrons. The van der Waals surface area contributed by atoms with Gasteiger partial charge in [-0.05, 0) is 24.3 Å². The first-order chi connectivity index (χ1) is 8.88. The Labute approximate surface area is 106 Å². The van der Waals surface area contributed by atoms with Crippen LogP contribution in [-0.2, 0) is 6.61 Å². The normalized spacial score (nSPS) is 9.39. The van der Waals surface area contributed by atoms with Crippen LogP contribution >= 0.6 is 0 Å². The van der Waals surface area contributed by atoms with E-state index in [9.17, 15) is 0 Å². The number of pyridine rings is 1. The fourth-order valence-electron chi connectivity index (χ4n) is 1.37. The summed E-state index contributed by atoms with van der Waals surface area (Å²) in [5.41, 5.74) is 1.59. The lowest BCUT2D eigenvalue weighted by atomic mass is 10.2. The third-order valence-corrected chi connectivity index (χ3v) is 2.28. The molecule has 0 fully saturated rings. The van der Waals surface area contributed by atoms with Crippen LogP contribution in [0.15, 0.2) is 48.7 Å². The van der Waals surface area contributed by atoms with Crippen molar-refractivity contribution in [2.75, 3.05) is 6.61 Å². The Morgan fingerprint density at radius 1 is 1.11 bits per heavy atom. The van der Waals surface area contributed by atoms with Crippen LogP contribution in [0, 0.1) is 11.8 Å². The quantitative estimate of drug-likeness (QED) is 0.833. The molecule has 18 heavy (non-hydrogen) atoms. The maximum atomic E-state index is 8.84. The number of hydrogen-bond acceptors (Lipinski definition) is 3. The third-order valence-electron chi connectivity index (χ3n) is 2.28. The number of rotatable bonds is 3. The number of aliphatic hydroxyl groups is 1. The van der Waals surface area contributed by atoms with Crippen molar-refractivity contribution in [3.05, 3.63) is 59.9 Å². The van der Waals surface area contributed by atoms with Gasteiger partial charge in [0, 0.05) is 5.56 Å². The lowest BCUT2D eigenvalue weighted by Crippen LogP contribution is -1.96. The second-order valence-electron chi connectivity index (χ2n) is 3.60. The van der Waals surface area contributed by atoms with Gasteiger partial charge in [0.1, 0.15) is 12.4 Å². The van der Waals surface area contributed by atoms with Crippen LogP contribution in [0.3, 0.4) is 0 Å². The van der Waals surface area contributed by atoms with Crippen molar-refractivity contribution in [3.63, 3.8) is 0 Å². The average Bonchev–Trinajstić information content (AvgIpc) is 2.45. The smallest absolute Gasteiger partial charge is 0.149 e. The predicted octanol–water partition coefficient (Wildman–Crippen LogP) is 2.00. The van der Waals surface area contributed by atoms with Gasteiger partial charge in [0.15, 0.2) is 0 Å². The average molecular weight is 239 g/mol. The van der Waals surface area contributed by atoms with E-state index in [4.69, 9.17) is 9.84 Å². The van der Waals surface area contributed by atoms with Crippen LogP contribution in [0.2, 0.25) is 0 Å². The van der Waals surface area contributed by atoms with E-state index in [1.807, 2.05) is 30.3 Å². The van der Waals surface area contributed by atoms with E-state index in [0.717, 1.165) is 5.56 Å². The zero-order valence-corrected chi connectivity index (χ0v) is 9.84. The number of nitrogens with zero attached hydrogens (tertiary/aromatic N) is 1. The number of ether oxygens (including phenoxy) is 1. The van der Waals surface area contributed by atoms with Crippen LogP contribution in [0.1, 0.15) is 11.3 Å². The van der Waals surface area contributed by atoms with E-state index >= 15 is 0 Å². The first kappa shape index (κ1) is 12.2. The molecule has 0 atom stereocenters. The summed E-state index contributed by atoms with van der Waals surface area (Å²) in [4.78, 5) is 4.01. The molecule has 1 aromatic carbocycles. The molecule has 0 unspecified atom stereocenters. The molecule has 0 bridgehead atoms. The fraction of sp³-hybridized carbons (Fsp3) is 0.133. The maximum Gasteiger partial charge on any atom is 0.149 e. The minimum absolute atomic E-state index is 0.0614. The van der Waals surface area contributed by atoms with Crippen molar-refractivity contribution < 1.29 is 9.84 Å². The van der Waals surface area contributed by atoms with E-state index in [-0.39, 0.29) is 6.61 Å². The largest absolute Gasteiger partial charge is 0.479 e. The summed E-state index contributed by atoms with van der Waals surface area (Å²) in [6.45, 7) is 0.253. The minimum Gasteiger partial charge on any atom is -0.479 e. The Balaban J connectivity index is 1.87. The molecular formula is C15H13NO2. The molecule has 0 aliphatic heterocycles. The lowest BCUT2D eigenvalue weighted by molar-refractivity contribution is 0.276. The summed E-state index contributed by atoms with van der Waals surface area (Å²) < 4.78 is 5.41. The molecule has 0 saturated carbocycles. The zero-order valence-electron chi connectivity index (χ0n) is 9.84. The number of hydrogen-bond donors (Lipinski definition) is 1. The third kappa shape index (κ3) is 3.62. The highest BCUT2D eigenvalue weighted by Gasteiger charge is 1.94. The first-order valence-electron chi connectivity index (χ1n) is 5.61. The van der Waals surface area contributed by atoms with Gasteiger partial charge in [-0.3, -0.25) is 4.98 Å². The van der Waals surface area contributed by atoms with Crippen molar-refractivity contribution in [3.8, 4) is 17.6 Å². The summed E-state index contributed by atoms with van der Waals surface area (Å²) in [5, 5.41) is 8.84. The van der Waals surface area contributed by atoms with Crippen molar-refractivity contribution in [1.82, 2.24) is 4.98 Å². The molecular weight excluding hydrogens is 226 g/mol. The molecule has 0 amide bonds. The highest BCUT2D eigenvalue weighted by molar-refractivity contribution is 5.33. The molecule has 1 N–H and O–H groups in total. The molecule has 1 aromatic heterocycles. The summed E-state index contributed by atoms with van der Waals surface area (Å²) >= 11 is 0. The van der Waals surface area contributed by atoms with Gasteiger partial charge in [0.05, 0.1) is 18.5 Å². The SMILES string of the molecule is OCc1ccc(OCC#Cc2ccccc2)cn1. The first-order valence-corrected chi connectivity index (χ1v) is 5.61. The van der Waals surface area contributed by atoms with Gasteiger partial charge in [0.2, 0.25) is 0 Å². The van der Waals surface area contributed by atoms with Crippen molar-refractivity contribution in [1.29, 1.82) is 0 Å². The van der Waals surface area contributed by atoms with Crippen molar-refractivity contribution in [2.24, 2.45) is 0 Å². The fourth-order valence-corrected chi connectivity index (χ4v) is 1.37. The highest BCUT2D eigenvalue weighted by atomic mass is 16.5. The molecule has 0 spiro atoms. The minimum atomic E-state index is -0.0614. The summed E-state index contributed by atoms with van der Waals surface area (Å²) in [6.07, 6.45) is 1.58. The summed E-state index contributed by atoms with van der Waals surface area (Å²) in [6, 6.07) is 13.2. The van der Waals surface area contributed by atoms with Crippen molar-refractivity contribution in [2.45, 2.75) is 6.61 Å². The predicted molar refractivity (Wildman–Crippen MR) is 69.0 cm³/mol. The van der Waals surface area contributed by atoms with Gasteiger partial charge < -0.3 is 9.84 Å². The maximum absolute atomic E-state index is 8.84. The van der Waals surface area contributed by atoms with Crippen LogP contribution in [-0.4, -0.2) is 16.7 Å². The molecule has 1 heterocycles. The Morgan fingerprint density at radius 3 is 2.61 bits per heavy atom. The van der Waals surface area contributed by atoms with Gasteiger partial charge in [-0.2, -0.15) is 0 Å². The van der Waals surface area contributed by atoms with Crippen molar-refractivity contribution >= 4 is 0 Å². The Bertz CT molecular complexity index is 538. The monoisotopic (exact) mass is 239 g/mol. The molecule has 0 radical (unpaired) electrons. The zero-order chi connectivity index (χ0) is 12.6. The van der Waals surface area contributed by atoms with Gasteiger partial charge in [0.25, 0.3) is 0 Å². The topological polar surface area (TPSA) is 42.4 Å². The molecule has 0 aliphatic carbocycles. The number of benzene rings is 1. The van der Waals surface area contributed by atoms with Gasteiger partial charge in [-0.25, -0.2) is 0 Å². The number of aromatic nitrogens is 1. The van der Waals surface area contributed by atoms with E-state index in [1.54, 1.807) is 18.3 Å². The summed E-state index contributed by atoms with van der Waals surface area (Å²) in [7, 11) is 0.